The highest BCUT2D eigenvalue weighted by Gasteiger charge is 2.12. The minimum absolute atomic E-state index is 0.220. The normalized spacial score (nSPS) is 12.8. The van der Waals surface area contributed by atoms with Gasteiger partial charge in [-0.25, -0.2) is 0 Å². The predicted octanol–water partition coefficient (Wildman–Crippen LogP) is 11.1. The Labute approximate surface area is 269 Å². The molecule has 1 aromatic heterocycles. The third-order valence-electron chi connectivity index (χ3n) is 8.71. The minimum atomic E-state index is -0.737. The first-order valence-corrected chi connectivity index (χ1v) is 16.5. The van der Waals surface area contributed by atoms with E-state index in [4.69, 9.17) is 10.2 Å². The van der Waals surface area contributed by atoms with Gasteiger partial charge in [0.1, 0.15) is 5.75 Å². The molecule has 3 atom stereocenters. The van der Waals surface area contributed by atoms with Gasteiger partial charge < -0.3 is 20.1 Å². The quantitative estimate of drug-likeness (QED) is 0.130. The Bertz CT molecular complexity index is 1540. The van der Waals surface area contributed by atoms with E-state index < -0.39 is 5.97 Å². The molecule has 0 aliphatic carbocycles. The van der Waals surface area contributed by atoms with Crippen molar-refractivity contribution in [2.24, 2.45) is 0 Å². The maximum atomic E-state index is 10.3. The Hall–Kier alpha value is -4.25. The number of fused-ring (bicyclic) bond motifs is 3. The van der Waals surface area contributed by atoms with Gasteiger partial charge in [-0.2, -0.15) is 0 Å². The summed E-state index contributed by atoms with van der Waals surface area (Å²) >= 11 is 0. The molecule has 5 nitrogen and oxygen atoms in total. The highest BCUT2D eigenvalue weighted by atomic mass is 16.4. The van der Waals surface area contributed by atoms with Gasteiger partial charge in [0.2, 0.25) is 0 Å². The molecule has 45 heavy (non-hydrogen) atoms. The minimum Gasteiger partial charge on any atom is -0.508 e. The molecule has 5 rings (SSSR count). The Morgan fingerprint density at radius 3 is 1.60 bits per heavy atom. The van der Waals surface area contributed by atoms with E-state index in [9.17, 15) is 4.79 Å². The number of nitrogens with zero attached hydrogens (tertiary/aromatic N) is 1. The van der Waals surface area contributed by atoms with Crippen LogP contribution in [0.5, 0.6) is 5.75 Å². The molecule has 0 spiro atoms. The van der Waals surface area contributed by atoms with E-state index in [1.807, 2.05) is 12.1 Å². The number of phenolic OH excluding ortho intramolecular Hbond substituents is 1. The van der Waals surface area contributed by atoms with Gasteiger partial charge in [-0.15, -0.1) is 0 Å². The van der Waals surface area contributed by atoms with E-state index in [0.29, 0.717) is 36.6 Å². The lowest BCUT2D eigenvalue weighted by molar-refractivity contribution is -0.137. The molecule has 5 heteroatoms. The summed E-state index contributed by atoms with van der Waals surface area (Å²) in [5, 5.41) is 23.5. The van der Waals surface area contributed by atoms with E-state index in [2.05, 4.69) is 124 Å². The van der Waals surface area contributed by atoms with Crippen LogP contribution in [0.4, 0.5) is 5.69 Å². The number of carboxylic acids is 1. The third kappa shape index (κ3) is 10.1. The third-order valence-corrected chi connectivity index (χ3v) is 8.71. The number of hydrogen-bond acceptors (Lipinski definition) is 3. The lowest BCUT2D eigenvalue weighted by atomic mass is 9.99. The zero-order valence-corrected chi connectivity index (χ0v) is 28.0. The number of aromatic nitrogens is 1. The van der Waals surface area contributed by atoms with E-state index in [0.717, 1.165) is 24.9 Å². The SMILES string of the molecule is CCC(C)c1ccc(NCCCC(=O)O)cc1.CCC(C)c1ccc(O)cc1.CCC(C)n1c2ccccc2c2ccccc21. The first kappa shape index (κ1) is 35.2. The van der Waals surface area contributed by atoms with Crippen LogP contribution in [0.25, 0.3) is 21.8 Å². The second-order valence-corrected chi connectivity index (χ2v) is 11.9. The zero-order chi connectivity index (χ0) is 32.8. The Kier molecular flexibility index (Phi) is 14.0. The number of hydrogen-bond donors (Lipinski definition) is 3. The number of aliphatic carboxylic acids is 1. The maximum absolute atomic E-state index is 10.3. The standard InChI is InChI=1S/C16H17N.C14H21NO2.C10H14O/c1-3-12(2)17-15-10-6-4-8-13(15)14-9-5-7-11-16(14)17;1-3-11(2)12-6-8-13(9-7-12)15-10-4-5-14(16)17;1-3-8(2)9-4-6-10(11)7-5-9/h4-12H,3H2,1-2H3;6-9,11,15H,3-5,10H2,1-2H3,(H,16,17);4-8,11H,3H2,1-2H3. The van der Waals surface area contributed by atoms with Crippen molar-refractivity contribution >= 4 is 33.5 Å². The molecule has 240 valence electrons. The molecule has 1 heterocycles. The molecule has 5 aromatic rings. The van der Waals surface area contributed by atoms with Crippen LogP contribution in [0.3, 0.4) is 0 Å². The van der Waals surface area contributed by atoms with Crippen LogP contribution >= 0.6 is 0 Å². The fraction of sp³-hybridized carbons (Fsp3) is 0.375. The molecule has 0 radical (unpaired) electrons. The van der Waals surface area contributed by atoms with Crippen molar-refractivity contribution in [1.82, 2.24) is 4.57 Å². The number of anilines is 1. The molecule has 0 aliphatic heterocycles. The molecule has 0 fully saturated rings. The Morgan fingerprint density at radius 1 is 0.689 bits per heavy atom. The molecule has 3 N–H and O–H groups in total. The van der Waals surface area contributed by atoms with Crippen LogP contribution in [0.15, 0.2) is 97.1 Å². The number of aromatic hydroxyl groups is 1. The van der Waals surface area contributed by atoms with Crippen LogP contribution in [0.1, 0.15) is 103 Å². The van der Waals surface area contributed by atoms with Crippen LogP contribution < -0.4 is 5.32 Å². The summed E-state index contributed by atoms with van der Waals surface area (Å²) in [5.74, 6) is 0.794. The van der Waals surface area contributed by atoms with Gasteiger partial charge in [0.25, 0.3) is 0 Å². The maximum Gasteiger partial charge on any atom is 0.303 e. The zero-order valence-electron chi connectivity index (χ0n) is 28.0. The van der Waals surface area contributed by atoms with Gasteiger partial charge in [-0.05, 0) is 92.0 Å². The monoisotopic (exact) mass is 608 g/mol. The number of benzene rings is 4. The Morgan fingerprint density at radius 2 is 1.16 bits per heavy atom. The summed E-state index contributed by atoms with van der Waals surface area (Å²) in [6.45, 7) is 14.0. The topological polar surface area (TPSA) is 74.5 Å². The Balaban J connectivity index is 0.000000189. The molecular formula is C40H52N2O3. The number of phenols is 1. The van der Waals surface area contributed by atoms with E-state index in [1.165, 1.54) is 32.9 Å². The lowest BCUT2D eigenvalue weighted by Gasteiger charge is -2.14. The molecule has 0 bridgehead atoms. The molecule has 0 aliphatic rings. The molecular weight excluding hydrogens is 556 g/mol. The van der Waals surface area contributed by atoms with E-state index >= 15 is 0 Å². The van der Waals surface area contributed by atoms with Crippen molar-refractivity contribution in [3.05, 3.63) is 108 Å². The number of rotatable bonds is 11. The van der Waals surface area contributed by atoms with Crippen LogP contribution in [0, 0.1) is 0 Å². The highest BCUT2D eigenvalue weighted by Crippen LogP contribution is 2.32. The summed E-state index contributed by atoms with van der Waals surface area (Å²) in [7, 11) is 0. The molecule has 4 aromatic carbocycles. The van der Waals surface area contributed by atoms with Gasteiger partial charge in [0.05, 0.1) is 0 Å². The largest absolute Gasteiger partial charge is 0.508 e. The van der Waals surface area contributed by atoms with Crippen molar-refractivity contribution in [3.63, 3.8) is 0 Å². The van der Waals surface area contributed by atoms with Crippen molar-refractivity contribution < 1.29 is 15.0 Å². The molecule has 0 saturated carbocycles. The number of carboxylic acid groups (broad SMARTS) is 1. The average Bonchev–Trinajstić information content (AvgIpc) is 3.41. The lowest BCUT2D eigenvalue weighted by Crippen LogP contribution is -2.04. The summed E-state index contributed by atoms with van der Waals surface area (Å²) in [5.41, 5.74) is 6.41. The number of nitrogens with one attached hydrogen (secondary N) is 1. The van der Waals surface area contributed by atoms with Crippen molar-refractivity contribution in [2.45, 2.75) is 91.5 Å². The second-order valence-electron chi connectivity index (χ2n) is 11.9. The number of carbonyl (C=O) groups is 1. The van der Waals surface area contributed by atoms with Gasteiger partial charge in [-0.3, -0.25) is 4.79 Å². The van der Waals surface area contributed by atoms with Gasteiger partial charge >= 0.3 is 5.97 Å². The summed E-state index contributed by atoms with van der Waals surface area (Å²) in [6, 6.07) is 33.7. The average molecular weight is 609 g/mol. The second kappa shape index (κ2) is 17.9. The smallest absolute Gasteiger partial charge is 0.303 e. The van der Waals surface area contributed by atoms with Crippen molar-refractivity contribution in [1.29, 1.82) is 0 Å². The number of para-hydroxylation sites is 2. The molecule has 3 unspecified atom stereocenters. The summed E-state index contributed by atoms with van der Waals surface area (Å²) in [4.78, 5) is 10.3. The van der Waals surface area contributed by atoms with Crippen LogP contribution in [-0.4, -0.2) is 27.3 Å². The van der Waals surface area contributed by atoms with Crippen LogP contribution in [-0.2, 0) is 4.79 Å². The first-order chi connectivity index (χ1) is 21.7. The van der Waals surface area contributed by atoms with Gasteiger partial charge in [-0.1, -0.05) is 95.3 Å². The molecule has 0 saturated heterocycles. The van der Waals surface area contributed by atoms with Crippen molar-refractivity contribution in [2.75, 3.05) is 11.9 Å². The fourth-order valence-corrected chi connectivity index (χ4v) is 5.29. The van der Waals surface area contributed by atoms with Crippen LogP contribution in [0.2, 0.25) is 0 Å². The fourth-order valence-electron chi connectivity index (χ4n) is 5.29. The highest BCUT2D eigenvalue weighted by molar-refractivity contribution is 6.08. The first-order valence-electron chi connectivity index (χ1n) is 16.5. The van der Waals surface area contributed by atoms with Gasteiger partial charge in [0, 0.05) is 46.5 Å². The molecule has 0 amide bonds. The van der Waals surface area contributed by atoms with E-state index in [1.54, 1.807) is 12.1 Å². The van der Waals surface area contributed by atoms with Gasteiger partial charge in [0.15, 0.2) is 0 Å². The van der Waals surface area contributed by atoms with Crippen molar-refractivity contribution in [3.8, 4) is 5.75 Å². The summed E-state index contributed by atoms with van der Waals surface area (Å²) in [6.07, 6.45) is 4.32. The summed E-state index contributed by atoms with van der Waals surface area (Å²) < 4.78 is 2.46. The predicted molar refractivity (Wildman–Crippen MR) is 192 cm³/mol. The van der Waals surface area contributed by atoms with E-state index in [-0.39, 0.29) is 6.42 Å².